The van der Waals surface area contributed by atoms with Crippen LogP contribution in [0.1, 0.15) is 61.2 Å². The molecule has 1 aliphatic heterocycles. The molecule has 1 amide bonds. The Labute approximate surface area is 228 Å². The monoisotopic (exact) mass is 523 g/mol. The van der Waals surface area contributed by atoms with Gasteiger partial charge in [-0.2, -0.15) is 0 Å². The Hall–Kier alpha value is -4.39. The smallest absolute Gasteiger partial charge is 0.295 e. The number of ether oxygens (including phenoxy) is 1. The number of pyridine rings is 1. The van der Waals surface area contributed by atoms with Crippen molar-refractivity contribution in [3.63, 3.8) is 0 Å². The van der Waals surface area contributed by atoms with Crippen LogP contribution in [0.4, 0.5) is 0 Å². The maximum atomic E-state index is 13.5. The quantitative estimate of drug-likeness (QED) is 0.115. The SMILES string of the molecule is CCCCCCOc1ccc(C2C(=C(O)c3c(C)nc4ccccn34)C(=O)C(=O)N2Cc2ccccc2)cc1. The van der Waals surface area contributed by atoms with Crippen molar-refractivity contribution >= 4 is 23.1 Å². The molecule has 0 bridgehead atoms. The van der Waals surface area contributed by atoms with Crippen LogP contribution >= 0.6 is 0 Å². The van der Waals surface area contributed by atoms with E-state index in [0.29, 0.717) is 23.6 Å². The largest absolute Gasteiger partial charge is 0.505 e. The van der Waals surface area contributed by atoms with E-state index in [0.717, 1.165) is 29.7 Å². The van der Waals surface area contributed by atoms with E-state index in [-0.39, 0.29) is 17.9 Å². The van der Waals surface area contributed by atoms with Crippen molar-refractivity contribution in [1.82, 2.24) is 14.3 Å². The van der Waals surface area contributed by atoms with Crippen molar-refractivity contribution in [2.45, 2.75) is 52.1 Å². The summed E-state index contributed by atoms with van der Waals surface area (Å²) >= 11 is 0. The molecule has 7 heteroatoms. The van der Waals surface area contributed by atoms with Crippen LogP contribution in [0, 0.1) is 6.92 Å². The topological polar surface area (TPSA) is 84.1 Å². The average molecular weight is 524 g/mol. The molecule has 1 N–H and O–H groups in total. The zero-order valence-electron chi connectivity index (χ0n) is 22.3. The van der Waals surface area contributed by atoms with Gasteiger partial charge >= 0.3 is 0 Å². The van der Waals surface area contributed by atoms with Crippen LogP contribution < -0.4 is 4.74 Å². The van der Waals surface area contributed by atoms with Gasteiger partial charge in [-0.1, -0.05) is 74.7 Å². The van der Waals surface area contributed by atoms with Crippen molar-refractivity contribution in [2.24, 2.45) is 0 Å². The highest BCUT2D eigenvalue weighted by atomic mass is 16.5. The number of amides is 1. The van der Waals surface area contributed by atoms with E-state index in [1.165, 1.54) is 17.7 Å². The summed E-state index contributed by atoms with van der Waals surface area (Å²) < 4.78 is 7.65. The molecule has 0 saturated carbocycles. The van der Waals surface area contributed by atoms with Gasteiger partial charge in [0.15, 0.2) is 5.76 Å². The maximum Gasteiger partial charge on any atom is 0.295 e. The molecule has 2 aromatic carbocycles. The van der Waals surface area contributed by atoms with E-state index in [1.54, 1.807) is 17.5 Å². The van der Waals surface area contributed by atoms with Crippen molar-refractivity contribution in [1.29, 1.82) is 0 Å². The summed E-state index contributed by atoms with van der Waals surface area (Å²) in [6, 6.07) is 21.7. The summed E-state index contributed by atoms with van der Waals surface area (Å²) in [6.07, 6.45) is 6.27. The third-order valence-electron chi connectivity index (χ3n) is 7.13. The van der Waals surface area contributed by atoms with Gasteiger partial charge < -0.3 is 14.7 Å². The number of hydrogen-bond acceptors (Lipinski definition) is 5. The summed E-state index contributed by atoms with van der Waals surface area (Å²) in [4.78, 5) is 33.0. The number of ketones is 1. The standard InChI is InChI=1S/C32H33N3O4/c1-3-4-5-11-20-39-25-17-15-24(16-18-25)29-27(30(36)28-22(2)33-26-14-9-10-19-34(26)28)31(37)32(38)35(29)21-23-12-7-6-8-13-23/h6-10,12-19,29,36H,3-5,11,20-21H2,1-2H3. The second kappa shape index (κ2) is 11.6. The molecule has 3 heterocycles. The van der Waals surface area contributed by atoms with Gasteiger partial charge in [-0.15, -0.1) is 0 Å². The number of aryl methyl sites for hydroxylation is 1. The number of aromatic nitrogens is 2. The summed E-state index contributed by atoms with van der Waals surface area (Å²) in [5.74, 6) is -0.864. The van der Waals surface area contributed by atoms with Gasteiger partial charge in [-0.25, -0.2) is 4.98 Å². The zero-order valence-corrected chi connectivity index (χ0v) is 22.3. The van der Waals surface area contributed by atoms with Crippen LogP contribution in [0.3, 0.4) is 0 Å². The molecular weight excluding hydrogens is 490 g/mol. The summed E-state index contributed by atoms with van der Waals surface area (Å²) in [7, 11) is 0. The molecule has 0 spiro atoms. The van der Waals surface area contributed by atoms with Gasteiger partial charge in [-0.3, -0.25) is 14.0 Å². The number of carbonyl (C=O) groups excluding carboxylic acids is 2. The molecule has 1 fully saturated rings. The number of Topliss-reactive ketones (excluding diaryl/α,β-unsaturated/α-hetero) is 1. The first-order valence-corrected chi connectivity index (χ1v) is 13.5. The number of imidazole rings is 1. The number of benzene rings is 2. The van der Waals surface area contributed by atoms with Crippen molar-refractivity contribution in [2.75, 3.05) is 6.61 Å². The van der Waals surface area contributed by atoms with Crippen molar-refractivity contribution < 1.29 is 19.4 Å². The molecule has 2 aromatic heterocycles. The van der Waals surface area contributed by atoms with E-state index >= 15 is 0 Å². The first-order chi connectivity index (χ1) is 19.0. The number of nitrogens with zero attached hydrogens (tertiary/aromatic N) is 3. The number of fused-ring (bicyclic) bond motifs is 1. The van der Waals surface area contributed by atoms with Crippen LogP contribution in [-0.4, -0.2) is 37.7 Å². The maximum absolute atomic E-state index is 13.5. The van der Waals surface area contributed by atoms with E-state index in [2.05, 4.69) is 11.9 Å². The number of aliphatic hydroxyl groups is 1. The minimum atomic E-state index is -0.766. The fraction of sp³-hybridized carbons (Fsp3) is 0.281. The third kappa shape index (κ3) is 5.30. The number of carbonyl (C=O) groups is 2. The summed E-state index contributed by atoms with van der Waals surface area (Å²) in [5.41, 5.74) is 3.28. The van der Waals surface area contributed by atoms with E-state index in [4.69, 9.17) is 4.74 Å². The Morgan fingerprint density at radius 3 is 2.44 bits per heavy atom. The molecule has 0 aliphatic carbocycles. The van der Waals surface area contributed by atoms with Gasteiger partial charge in [0.1, 0.15) is 17.1 Å². The Balaban J connectivity index is 1.55. The lowest BCUT2D eigenvalue weighted by molar-refractivity contribution is -0.140. The Kier molecular flexibility index (Phi) is 7.77. The summed E-state index contributed by atoms with van der Waals surface area (Å²) in [5, 5.41) is 11.6. The number of likely N-dealkylation sites (tertiary alicyclic amines) is 1. The van der Waals surface area contributed by atoms with Gasteiger partial charge in [0, 0.05) is 12.7 Å². The van der Waals surface area contributed by atoms with Crippen molar-refractivity contribution in [3.05, 3.63) is 107 Å². The number of rotatable bonds is 10. The Morgan fingerprint density at radius 1 is 0.949 bits per heavy atom. The number of hydrogen-bond donors (Lipinski definition) is 1. The molecule has 39 heavy (non-hydrogen) atoms. The molecule has 1 saturated heterocycles. The van der Waals surface area contributed by atoms with Crippen LogP contribution in [0.2, 0.25) is 0 Å². The van der Waals surface area contributed by atoms with Gasteiger partial charge in [0.2, 0.25) is 0 Å². The van der Waals surface area contributed by atoms with E-state index in [9.17, 15) is 14.7 Å². The molecule has 1 unspecified atom stereocenters. The normalized spacial score (nSPS) is 16.8. The van der Waals surface area contributed by atoms with Gasteiger partial charge in [0.05, 0.1) is 23.9 Å². The molecule has 1 aliphatic rings. The van der Waals surface area contributed by atoms with E-state index < -0.39 is 17.7 Å². The minimum Gasteiger partial charge on any atom is -0.505 e. The highest BCUT2D eigenvalue weighted by Crippen LogP contribution is 2.41. The lowest BCUT2D eigenvalue weighted by Gasteiger charge is -2.25. The van der Waals surface area contributed by atoms with Crippen LogP contribution in [0.15, 0.2) is 84.6 Å². The average Bonchev–Trinajstić information content (AvgIpc) is 3.42. The molecule has 5 rings (SSSR count). The minimum absolute atomic E-state index is 0.0536. The molecule has 200 valence electrons. The molecular formula is C32H33N3O4. The van der Waals surface area contributed by atoms with Gasteiger partial charge in [0.25, 0.3) is 11.7 Å². The zero-order chi connectivity index (χ0) is 27.4. The fourth-order valence-electron chi connectivity index (χ4n) is 5.16. The number of unbranched alkanes of at least 4 members (excludes halogenated alkanes) is 3. The predicted molar refractivity (Wildman–Crippen MR) is 150 cm³/mol. The lowest BCUT2D eigenvalue weighted by atomic mass is 9.96. The molecule has 7 nitrogen and oxygen atoms in total. The fourth-order valence-corrected chi connectivity index (χ4v) is 5.16. The van der Waals surface area contributed by atoms with Gasteiger partial charge in [-0.05, 0) is 48.7 Å². The highest BCUT2D eigenvalue weighted by Gasteiger charge is 2.46. The van der Waals surface area contributed by atoms with Crippen LogP contribution in [0.25, 0.3) is 11.4 Å². The second-order valence-electron chi connectivity index (χ2n) is 9.87. The molecule has 0 radical (unpaired) electrons. The van der Waals surface area contributed by atoms with Crippen molar-refractivity contribution in [3.8, 4) is 5.75 Å². The predicted octanol–water partition coefficient (Wildman–Crippen LogP) is 6.22. The Morgan fingerprint density at radius 2 is 1.69 bits per heavy atom. The third-order valence-corrected chi connectivity index (χ3v) is 7.13. The first kappa shape index (κ1) is 26.2. The second-order valence-corrected chi connectivity index (χ2v) is 9.87. The highest BCUT2D eigenvalue weighted by molar-refractivity contribution is 6.46. The Bertz CT molecular complexity index is 1510. The summed E-state index contributed by atoms with van der Waals surface area (Å²) in [6.45, 7) is 4.83. The first-order valence-electron chi connectivity index (χ1n) is 13.5. The lowest BCUT2D eigenvalue weighted by Crippen LogP contribution is -2.29. The molecule has 1 atom stereocenters. The molecule has 4 aromatic rings. The van der Waals surface area contributed by atoms with E-state index in [1.807, 2.05) is 72.8 Å². The number of aliphatic hydroxyl groups excluding tert-OH is 1. The van der Waals surface area contributed by atoms with Crippen LogP contribution in [0.5, 0.6) is 5.75 Å². The van der Waals surface area contributed by atoms with Crippen LogP contribution in [-0.2, 0) is 16.1 Å².